The fourth-order valence-electron chi connectivity index (χ4n) is 14.3. The van der Waals surface area contributed by atoms with Gasteiger partial charge in [-0.3, -0.25) is 0 Å². The molecule has 0 unspecified atom stereocenters. The lowest BCUT2D eigenvalue weighted by molar-refractivity contribution is -0.355. The summed E-state index contributed by atoms with van der Waals surface area (Å²) in [5, 5.41) is 98.4. The maximum absolute atomic E-state index is 12.6. The van der Waals surface area contributed by atoms with Gasteiger partial charge in [0.2, 0.25) is 0 Å². The molecule has 9 N–H and O–H groups in total. The van der Waals surface area contributed by atoms with Crippen LogP contribution in [0.25, 0.3) is 0 Å². The van der Waals surface area contributed by atoms with Gasteiger partial charge in [-0.15, -0.1) is 0 Å². The molecule has 5 heterocycles. The molecule has 9 aliphatic rings. The van der Waals surface area contributed by atoms with Crippen molar-refractivity contribution in [3.05, 3.63) is 11.6 Å². The summed E-state index contributed by atoms with van der Waals surface area (Å²) in [5.74, 6) is 0.0825. The standard InChI is InChI=1S/C47H74O19/c1-20-41(64-36-16-30(50)42(21(2)60-36)65-37-17-31(51)43(22(3)61-37)66-44-40(56)39(55)38(54)32(18-48)63-44)29(49)15-35(59-20)62-25-8-10-45(4)24(13-25)6-7-27-28(45)14-33(52)46(5)26(9-11-47(27,46)57)23-12-34(53)58-19-23/h12,20-22,24-33,35-44,48-52,54-57H,6-11,13-19H2,1-5H3/t20-,21-,22-,24+,25+,26+,27+,28-,29+,30+,31+,32+,33-,35+,36-,37-,38+,39-,40+,41-,42+,43+,44-,45-,46+,47+/m1/s1. The van der Waals surface area contributed by atoms with E-state index in [-0.39, 0.29) is 61.1 Å². The molecule has 9 rings (SSSR count). The molecule has 4 saturated heterocycles. The Labute approximate surface area is 385 Å². The Kier molecular flexibility index (Phi) is 14.2. The molecule has 0 bridgehead atoms. The summed E-state index contributed by atoms with van der Waals surface area (Å²) in [6, 6.07) is 0. The molecule has 0 aromatic heterocycles. The molecule has 0 amide bonds. The molecule has 26 atom stereocenters. The van der Waals surface area contributed by atoms with Crippen molar-refractivity contribution in [1.29, 1.82) is 0 Å². The summed E-state index contributed by atoms with van der Waals surface area (Å²) >= 11 is 0. The Morgan fingerprint density at radius 1 is 0.652 bits per heavy atom. The number of esters is 1. The number of aliphatic hydroxyl groups excluding tert-OH is 8. The molecular formula is C47H74O19. The molecule has 8 fully saturated rings. The van der Waals surface area contributed by atoms with E-state index in [1.165, 1.54) is 0 Å². The summed E-state index contributed by atoms with van der Waals surface area (Å²) in [6.07, 6.45) is -10.8. The summed E-state index contributed by atoms with van der Waals surface area (Å²) in [5.41, 5.74) is -0.989. The lowest BCUT2D eigenvalue weighted by Crippen LogP contribution is -2.67. The third-order valence-corrected chi connectivity index (χ3v) is 18.1. The van der Waals surface area contributed by atoms with E-state index < -0.39 is 128 Å². The van der Waals surface area contributed by atoms with E-state index in [2.05, 4.69) is 6.92 Å². The van der Waals surface area contributed by atoms with Gasteiger partial charge in [-0.2, -0.15) is 0 Å². The van der Waals surface area contributed by atoms with Gasteiger partial charge >= 0.3 is 5.97 Å². The number of carbonyl (C=O) groups excluding carboxylic acids is 1. The quantitative estimate of drug-likeness (QED) is 0.103. The highest BCUT2D eigenvalue weighted by Gasteiger charge is 2.71. The Morgan fingerprint density at radius 2 is 1.23 bits per heavy atom. The fourth-order valence-corrected chi connectivity index (χ4v) is 14.3. The molecule has 4 aliphatic carbocycles. The number of carbonyl (C=O) groups is 1. The minimum absolute atomic E-state index is 0.0188. The first-order valence-corrected chi connectivity index (χ1v) is 24.5. The maximum Gasteiger partial charge on any atom is 0.331 e. The summed E-state index contributed by atoms with van der Waals surface area (Å²) in [4.78, 5) is 12.0. The van der Waals surface area contributed by atoms with Crippen LogP contribution in [-0.4, -0.2) is 187 Å². The van der Waals surface area contributed by atoms with Crippen LogP contribution in [0.15, 0.2) is 11.6 Å². The van der Waals surface area contributed by atoms with E-state index in [1.807, 2.05) is 13.8 Å². The first kappa shape index (κ1) is 49.5. The average molecular weight is 943 g/mol. The highest BCUT2D eigenvalue weighted by atomic mass is 16.8. The number of ether oxygens (including phenoxy) is 9. The summed E-state index contributed by atoms with van der Waals surface area (Å²) < 4.78 is 53.9. The van der Waals surface area contributed by atoms with Crippen molar-refractivity contribution in [3.8, 4) is 0 Å². The molecule has 19 heteroatoms. The van der Waals surface area contributed by atoms with E-state index in [4.69, 9.17) is 42.6 Å². The highest BCUT2D eigenvalue weighted by Crippen LogP contribution is 2.70. The minimum Gasteiger partial charge on any atom is -0.458 e. The van der Waals surface area contributed by atoms with Crippen molar-refractivity contribution in [2.24, 2.45) is 34.5 Å². The van der Waals surface area contributed by atoms with Gasteiger partial charge in [0.1, 0.15) is 49.3 Å². The Balaban J connectivity index is 0.737. The molecule has 0 spiro atoms. The third-order valence-electron chi connectivity index (χ3n) is 18.1. The van der Waals surface area contributed by atoms with Gasteiger partial charge in [0.05, 0.1) is 61.0 Å². The highest BCUT2D eigenvalue weighted by molar-refractivity contribution is 5.85. The zero-order chi connectivity index (χ0) is 47.2. The predicted octanol–water partition coefficient (Wildman–Crippen LogP) is 0.0423. The first-order valence-electron chi connectivity index (χ1n) is 24.5. The molecule has 66 heavy (non-hydrogen) atoms. The minimum atomic E-state index is -1.65. The molecular weight excluding hydrogens is 868 g/mol. The van der Waals surface area contributed by atoms with Crippen LogP contribution in [0.3, 0.4) is 0 Å². The predicted molar refractivity (Wildman–Crippen MR) is 225 cm³/mol. The number of rotatable bonds is 10. The van der Waals surface area contributed by atoms with Crippen LogP contribution in [-0.2, 0) is 47.4 Å². The van der Waals surface area contributed by atoms with Crippen molar-refractivity contribution in [1.82, 2.24) is 0 Å². The number of hydrogen-bond donors (Lipinski definition) is 9. The Morgan fingerprint density at radius 3 is 1.77 bits per heavy atom. The van der Waals surface area contributed by atoms with Gasteiger partial charge in [-0.1, -0.05) is 13.8 Å². The van der Waals surface area contributed by atoms with Crippen LogP contribution in [0.5, 0.6) is 0 Å². The molecule has 4 saturated carbocycles. The molecule has 19 nitrogen and oxygen atoms in total. The van der Waals surface area contributed by atoms with Gasteiger partial charge in [0.15, 0.2) is 25.2 Å². The van der Waals surface area contributed by atoms with Gasteiger partial charge in [-0.05, 0) is 107 Å². The molecule has 0 aromatic carbocycles. The first-order chi connectivity index (χ1) is 31.2. The second kappa shape index (κ2) is 18.9. The molecule has 5 aliphatic heterocycles. The van der Waals surface area contributed by atoms with Crippen LogP contribution in [0, 0.1) is 34.5 Å². The van der Waals surface area contributed by atoms with Crippen LogP contribution in [0.2, 0.25) is 0 Å². The number of aliphatic hydroxyl groups is 9. The smallest absolute Gasteiger partial charge is 0.331 e. The zero-order valence-electron chi connectivity index (χ0n) is 38.7. The average Bonchev–Trinajstić information content (AvgIpc) is 3.82. The van der Waals surface area contributed by atoms with Crippen molar-refractivity contribution in [2.45, 2.75) is 228 Å². The summed E-state index contributed by atoms with van der Waals surface area (Å²) in [6.45, 7) is 9.11. The molecule has 0 radical (unpaired) electrons. The van der Waals surface area contributed by atoms with E-state index in [1.54, 1.807) is 19.9 Å². The van der Waals surface area contributed by atoms with Crippen LogP contribution in [0.1, 0.15) is 105 Å². The van der Waals surface area contributed by atoms with E-state index in [0.29, 0.717) is 18.8 Å². The molecule has 376 valence electrons. The third kappa shape index (κ3) is 8.64. The van der Waals surface area contributed by atoms with E-state index in [0.717, 1.165) is 44.1 Å². The van der Waals surface area contributed by atoms with Crippen molar-refractivity contribution in [3.63, 3.8) is 0 Å². The van der Waals surface area contributed by atoms with Gasteiger partial charge in [0.25, 0.3) is 0 Å². The van der Waals surface area contributed by atoms with E-state index in [9.17, 15) is 50.8 Å². The van der Waals surface area contributed by atoms with Crippen molar-refractivity contribution in [2.75, 3.05) is 13.2 Å². The SMILES string of the molecule is C[C@H]1O[C@H](O[C@H]2[C@@H](O)C[C@H](O[C@H]3CC[C@]4(C)[C@@H](CC[C@H]5[C@H]4C[C@@H](O)[C@]4(C)[C@H](C6=CC(=O)OC6)CC[C@]54O)C3)O[C@@H]2C)C[C@H](O)[C@H]1O[C@@H]1C[C@H](O)[C@@H](O[C@H]2O[C@@H](CO)[C@H](O)[C@@H](O)[C@@H]2O)[C@@H](C)O1. The van der Waals surface area contributed by atoms with Crippen molar-refractivity contribution < 1.29 is 93.4 Å². The lowest BCUT2D eigenvalue weighted by atomic mass is 9.42. The second-order valence-corrected chi connectivity index (χ2v) is 21.6. The normalized spacial score (nSPS) is 55.3. The summed E-state index contributed by atoms with van der Waals surface area (Å²) in [7, 11) is 0. The largest absolute Gasteiger partial charge is 0.458 e. The number of hydrogen-bond acceptors (Lipinski definition) is 19. The topological polar surface area (TPSA) is 282 Å². The van der Waals surface area contributed by atoms with Gasteiger partial charge in [0, 0.05) is 30.8 Å². The van der Waals surface area contributed by atoms with Crippen molar-refractivity contribution >= 4 is 5.97 Å². The molecule has 0 aromatic rings. The van der Waals surface area contributed by atoms with Crippen LogP contribution < -0.4 is 0 Å². The maximum atomic E-state index is 12.6. The van der Waals surface area contributed by atoms with E-state index >= 15 is 0 Å². The number of cyclic esters (lactones) is 1. The monoisotopic (exact) mass is 942 g/mol. The Hall–Kier alpha value is -1.47. The number of fused-ring (bicyclic) bond motifs is 5. The van der Waals surface area contributed by atoms with Crippen LogP contribution >= 0.6 is 0 Å². The Bertz CT molecular complexity index is 1720. The fraction of sp³-hybridized carbons (Fsp3) is 0.936. The second-order valence-electron chi connectivity index (χ2n) is 21.6. The van der Waals surface area contributed by atoms with Crippen LogP contribution in [0.4, 0.5) is 0 Å². The van der Waals surface area contributed by atoms with Gasteiger partial charge < -0.3 is 88.6 Å². The van der Waals surface area contributed by atoms with Gasteiger partial charge in [-0.25, -0.2) is 4.79 Å². The zero-order valence-corrected chi connectivity index (χ0v) is 38.7. The lowest BCUT2D eigenvalue weighted by Gasteiger charge is -2.65.